The second-order valence-electron chi connectivity index (χ2n) is 6.60. The van der Waals surface area contributed by atoms with Crippen molar-refractivity contribution in [1.82, 2.24) is 0 Å². The molecular weight excluding hydrogens is 396 g/mol. The number of hydrogen-bond acceptors (Lipinski definition) is 5. The third-order valence-corrected chi connectivity index (χ3v) is 7.64. The lowest BCUT2D eigenvalue weighted by Crippen LogP contribution is -2.35. The molecule has 2 N–H and O–H groups in total. The molecule has 0 bridgehead atoms. The van der Waals surface area contributed by atoms with Gasteiger partial charge in [-0.1, -0.05) is 30.3 Å². The molecule has 8 heteroatoms. The molecular formula is C20H18N2O4S2. The first kappa shape index (κ1) is 18.5. The van der Waals surface area contributed by atoms with E-state index in [9.17, 15) is 18.3 Å². The van der Waals surface area contributed by atoms with Gasteiger partial charge in [-0.25, -0.2) is 8.42 Å². The highest BCUT2D eigenvalue weighted by Crippen LogP contribution is 2.37. The van der Waals surface area contributed by atoms with Crippen molar-refractivity contribution in [2.45, 2.75) is 24.3 Å². The van der Waals surface area contributed by atoms with Gasteiger partial charge in [-0.2, -0.15) is 0 Å². The van der Waals surface area contributed by atoms with E-state index in [1.165, 1.54) is 21.8 Å². The minimum absolute atomic E-state index is 0.0530. The number of thiophene rings is 1. The summed E-state index contributed by atoms with van der Waals surface area (Å²) >= 11 is 1.05. The fourth-order valence-corrected chi connectivity index (χ4v) is 6.20. The van der Waals surface area contributed by atoms with Crippen molar-refractivity contribution in [2.75, 3.05) is 9.62 Å². The van der Waals surface area contributed by atoms with Crippen LogP contribution in [-0.2, 0) is 16.4 Å². The van der Waals surface area contributed by atoms with Gasteiger partial charge in [-0.3, -0.25) is 9.10 Å². The number of hydrogen-bond donors (Lipinski definition) is 2. The Morgan fingerprint density at radius 3 is 2.68 bits per heavy atom. The average Bonchev–Trinajstić information content (AvgIpc) is 3.28. The maximum absolute atomic E-state index is 13.2. The normalized spacial score (nSPS) is 16.0. The molecule has 3 aromatic rings. The van der Waals surface area contributed by atoms with E-state index in [1.807, 2.05) is 25.1 Å². The Kier molecular flexibility index (Phi) is 4.60. The Morgan fingerprint density at radius 2 is 1.89 bits per heavy atom. The molecule has 0 fully saturated rings. The van der Waals surface area contributed by atoms with Crippen LogP contribution in [0.25, 0.3) is 0 Å². The Balaban J connectivity index is 1.62. The molecule has 0 spiro atoms. The Morgan fingerprint density at radius 1 is 1.18 bits per heavy atom. The highest BCUT2D eigenvalue weighted by Gasteiger charge is 2.36. The van der Waals surface area contributed by atoms with Crippen LogP contribution in [0.3, 0.4) is 0 Å². The highest BCUT2D eigenvalue weighted by atomic mass is 32.2. The third kappa shape index (κ3) is 3.14. The van der Waals surface area contributed by atoms with E-state index < -0.39 is 15.9 Å². The molecule has 1 amide bonds. The number of amides is 1. The minimum Gasteiger partial charge on any atom is -0.506 e. The molecule has 0 saturated heterocycles. The van der Waals surface area contributed by atoms with E-state index in [-0.39, 0.29) is 27.3 Å². The summed E-state index contributed by atoms with van der Waals surface area (Å²) in [6.07, 6.45) is 0.653. The van der Waals surface area contributed by atoms with Gasteiger partial charge in [-0.05, 0) is 43.2 Å². The number of fused-ring (bicyclic) bond motifs is 1. The van der Waals surface area contributed by atoms with Gasteiger partial charge >= 0.3 is 0 Å². The maximum atomic E-state index is 13.2. The highest BCUT2D eigenvalue weighted by molar-refractivity contribution is 7.93. The van der Waals surface area contributed by atoms with E-state index >= 15 is 0 Å². The van der Waals surface area contributed by atoms with Gasteiger partial charge in [0.15, 0.2) is 0 Å². The summed E-state index contributed by atoms with van der Waals surface area (Å²) in [5, 5.41) is 13.9. The van der Waals surface area contributed by atoms with Gasteiger partial charge in [0.05, 0.1) is 21.1 Å². The van der Waals surface area contributed by atoms with Crippen LogP contribution in [0.5, 0.6) is 5.75 Å². The van der Waals surface area contributed by atoms with Crippen molar-refractivity contribution in [3.63, 3.8) is 0 Å². The average molecular weight is 415 g/mol. The van der Waals surface area contributed by atoms with Crippen LogP contribution in [-0.4, -0.2) is 25.5 Å². The number of aromatic hydroxyl groups is 1. The molecule has 2 aromatic carbocycles. The lowest BCUT2D eigenvalue weighted by molar-refractivity contribution is 0.103. The number of phenols is 1. The summed E-state index contributed by atoms with van der Waals surface area (Å²) in [5.74, 6) is -0.523. The number of phenolic OH excluding ortho intramolecular Hbond substituents is 1. The predicted octanol–water partition coefficient (Wildman–Crippen LogP) is 3.85. The van der Waals surface area contributed by atoms with Gasteiger partial charge in [-0.15, -0.1) is 11.3 Å². The van der Waals surface area contributed by atoms with E-state index in [1.54, 1.807) is 24.3 Å². The van der Waals surface area contributed by atoms with E-state index in [2.05, 4.69) is 5.32 Å². The molecule has 0 aliphatic carbocycles. The Labute approximate surface area is 167 Å². The van der Waals surface area contributed by atoms with Crippen LogP contribution in [0.2, 0.25) is 0 Å². The number of benzene rings is 2. The summed E-state index contributed by atoms with van der Waals surface area (Å²) in [7, 11) is -3.78. The fraction of sp³-hybridized carbons (Fsp3) is 0.150. The van der Waals surface area contributed by atoms with Crippen molar-refractivity contribution in [1.29, 1.82) is 0 Å². The predicted molar refractivity (Wildman–Crippen MR) is 110 cm³/mol. The van der Waals surface area contributed by atoms with E-state index in [4.69, 9.17) is 0 Å². The van der Waals surface area contributed by atoms with E-state index in [0.717, 1.165) is 16.9 Å². The number of rotatable bonds is 4. The number of sulfonamides is 1. The van der Waals surface area contributed by atoms with Crippen molar-refractivity contribution in [3.8, 4) is 5.75 Å². The molecule has 1 aromatic heterocycles. The smallest absolute Gasteiger partial charge is 0.265 e. The molecule has 0 saturated carbocycles. The van der Waals surface area contributed by atoms with Crippen LogP contribution in [0.4, 0.5) is 11.4 Å². The summed E-state index contributed by atoms with van der Waals surface area (Å²) < 4.78 is 27.9. The quantitative estimate of drug-likeness (QED) is 0.635. The number of para-hydroxylation sites is 3. The standard InChI is InChI=1S/C20H18N2O4S2/c1-13-10-14-6-2-4-8-17(14)22(13)28(25,26)15-11-19(27-12-15)20(24)21-16-7-3-5-9-18(16)23/h2-9,11-13,23H,10H2,1H3,(H,21,24)/t13-/m0/s1. The van der Waals surface area contributed by atoms with Crippen LogP contribution in [0.1, 0.15) is 22.2 Å². The SMILES string of the molecule is C[C@H]1Cc2ccccc2N1S(=O)(=O)c1csc(C(=O)Nc2ccccc2O)c1. The number of anilines is 2. The zero-order valence-corrected chi connectivity index (χ0v) is 16.6. The fourth-order valence-electron chi connectivity index (χ4n) is 3.35. The van der Waals surface area contributed by atoms with Gasteiger partial charge in [0.1, 0.15) is 5.75 Å². The molecule has 6 nitrogen and oxygen atoms in total. The number of carbonyl (C=O) groups excluding carboxylic acids is 1. The second kappa shape index (κ2) is 6.96. The van der Waals surface area contributed by atoms with E-state index in [0.29, 0.717) is 12.1 Å². The van der Waals surface area contributed by atoms with Crippen molar-refractivity contribution in [2.24, 2.45) is 0 Å². The second-order valence-corrected chi connectivity index (χ2v) is 9.33. The molecule has 1 aliphatic rings. The molecule has 1 atom stereocenters. The van der Waals surface area contributed by atoms with Crippen LogP contribution in [0, 0.1) is 0 Å². The number of nitrogens with zero attached hydrogens (tertiary/aromatic N) is 1. The largest absolute Gasteiger partial charge is 0.506 e. The van der Waals surface area contributed by atoms with Gasteiger partial charge in [0.2, 0.25) is 0 Å². The van der Waals surface area contributed by atoms with Crippen LogP contribution < -0.4 is 9.62 Å². The van der Waals surface area contributed by atoms with Crippen molar-refractivity contribution < 1.29 is 18.3 Å². The molecule has 0 radical (unpaired) electrons. The first-order valence-corrected chi connectivity index (χ1v) is 11.0. The van der Waals surface area contributed by atoms with Gasteiger partial charge in [0, 0.05) is 11.4 Å². The van der Waals surface area contributed by atoms with Crippen molar-refractivity contribution in [3.05, 3.63) is 70.4 Å². The summed E-state index contributed by atoms with van der Waals surface area (Å²) in [6, 6.07) is 15.0. The van der Waals surface area contributed by atoms with Gasteiger partial charge < -0.3 is 10.4 Å². The van der Waals surface area contributed by atoms with Crippen LogP contribution >= 0.6 is 11.3 Å². The maximum Gasteiger partial charge on any atom is 0.265 e. The molecule has 0 unspecified atom stereocenters. The zero-order chi connectivity index (χ0) is 19.9. The lowest BCUT2D eigenvalue weighted by Gasteiger charge is -2.23. The molecule has 2 heterocycles. The Hall–Kier alpha value is -2.84. The first-order chi connectivity index (χ1) is 13.4. The Bertz CT molecular complexity index is 1150. The third-order valence-electron chi connectivity index (χ3n) is 4.65. The molecule has 1 aliphatic heterocycles. The zero-order valence-electron chi connectivity index (χ0n) is 15.0. The summed E-state index contributed by atoms with van der Waals surface area (Å²) in [6.45, 7) is 1.87. The summed E-state index contributed by atoms with van der Waals surface area (Å²) in [5.41, 5.74) is 1.94. The van der Waals surface area contributed by atoms with Crippen LogP contribution in [0.15, 0.2) is 64.9 Å². The topological polar surface area (TPSA) is 86.7 Å². The number of nitrogens with one attached hydrogen (secondary N) is 1. The summed E-state index contributed by atoms with van der Waals surface area (Å²) in [4.78, 5) is 12.8. The number of carbonyl (C=O) groups is 1. The van der Waals surface area contributed by atoms with Crippen molar-refractivity contribution >= 4 is 38.6 Å². The monoisotopic (exact) mass is 414 g/mol. The lowest BCUT2D eigenvalue weighted by atomic mass is 10.1. The molecule has 4 rings (SSSR count). The first-order valence-electron chi connectivity index (χ1n) is 8.68. The van der Waals surface area contributed by atoms with Gasteiger partial charge in [0.25, 0.3) is 15.9 Å². The molecule has 28 heavy (non-hydrogen) atoms. The minimum atomic E-state index is -3.78. The molecule has 144 valence electrons.